The molecule has 0 aliphatic heterocycles. The highest BCUT2D eigenvalue weighted by Gasteiger charge is 2.11. The fourth-order valence-electron chi connectivity index (χ4n) is 2.09. The lowest BCUT2D eigenvalue weighted by Crippen LogP contribution is -2.16. The normalized spacial score (nSPS) is 10.6. The molecule has 0 fully saturated rings. The first kappa shape index (κ1) is 17.2. The fraction of sp³-hybridized carbons (Fsp3) is 0.133. The zero-order valence-corrected chi connectivity index (χ0v) is 14.8. The van der Waals surface area contributed by atoms with E-state index in [4.69, 9.17) is 17.3 Å². The summed E-state index contributed by atoms with van der Waals surface area (Å²) in [5.74, 6) is 0.280. The lowest BCUT2D eigenvalue weighted by atomic mass is 10.2. The molecule has 0 saturated carbocycles. The minimum atomic E-state index is -0.225. The standard InChI is InChI=1S/C15H14ClN7OS/c1-9-4-13(17)22-15(20-9)25-6-14(24)21-11-5-10(16)2-3-12(11)23-8-18-7-19-23/h2-5,7-8H,6H2,1H3,(H,21,24)(H2,17,20,22). The summed E-state index contributed by atoms with van der Waals surface area (Å²) in [5, 5.41) is 7.84. The average molecular weight is 376 g/mol. The van der Waals surface area contributed by atoms with E-state index in [-0.39, 0.29) is 11.7 Å². The van der Waals surface area contributed by atoms with Crippen LogP contribution in [0.5, 0.6) is 0 Å². The maximum absolute atomic E-state index is 12.3. The van der Waals surface area contributed by atoms with Crippen LogP contribution in [0.15, 0.2) is 42.1 Å². The van der Waals surface area contributed by atoms with Gasteiger partial charge in [0.15, 0.2) is 5.16 Å². The quantitative estimate of drug-likeness (QED) is 0.520. The van der Waals surface area contributed by atoms with Crippen LogP contribution >= 0.6 is 23.4 Å². The van der Waals surface area contributed by atoms with E-state index in [9.17, 15) is 4.79 Å². The van der Waals surface area contributed by atoms with Gasteiger partial charge in [-0.2, -0.15) is 5.10 Å². The Kier molecular flexibility index (Phi) is 5.15. The number of benzene rings is 1. The van der Waals surface area contributed by atoms with Crippen LogP contribution in [0.1, 0.15) is 5.69 Å². The second-order valence-electron chi connectivity index (χ2n) is 5.06. The number of aromatic nitrogens is 5. The summed E-state index contributed by atoms with van der Waals surface area (Å²) in [4.78, 5) is 24.5. The third-order valence-corrected chi connectivity index (χ3v) is 4.17. The minimum Gasteiger partial charge on any atom is -0.384 e. The van der Waals surface area contributed by atoms with Crippen LogP contribution in [-0.2, 0) is 4.79 Å². The number of nitrogens with one attached hydrogen (secondary N) is 1. The molecule has 2 heterocycles. The summed E-state index contributed by atoms with van der Waals surface area (Å²) in [6.45, 7) is 1.82. The molecule has 0 atom stereocenters. The van der Waals surface area contributed by atoms with Crippen molar-refractivity contribution in [1.29, 1.82) is 0 Å². The largest absolute Gasteiger partial charge is 0.384 e. The zero-order chi connectivity index (χ0) is 17.8. The molecule has 1 amide bonds. The van der Waals surface area contributed by atoms with Gasteiger partial charge in [-0.15, -0.1) is 0 Å². The Morgan fingerprint density at radius 1 is 1.36 bits per heavy atom. The fourth-order valence-corrected chi connectivity index (χ4v) is 2.97. The number of hydrogen-bond donors (Lipinski definition) is 2. The van der Waals surface area contributed by atoms with Crippen LogP contribution in [0.3, 0.4) is 0 Å². The number of rotatable bonds is 5. The van der Waals surface area contributed by atoms with Crippen molar-refractivity contribution in [2.75, 3.05) is 16.8 Å². The Balaban J connectivity index is 1.72. The van der Waals surface area contributed by atoms with Gasteiger partial charge in [0.25, 0.3) is 0 Å². The number of aryl methyl sites for hydroxylation is 1. The van der Waals surface area contributed by atoms with Crippen LogP contribution in [0.2, 0.25) is 5.02 Å². The van der Waals surface area contributed by atoms with E-state index in [0.29, 0.717) is 27.4 Å². The lowest BCUT2D eigenvalue weighted by Gasteiger charge is -2.11. The minimum absolute atomic E-state index is 0.131. The number of hydrogen-bond acceptors (Lipinski definition) is 7. The second kappa shape index (κ2) is 7.49. The number of nitrogens with zero attached hydrogens (tertiary/aromatic N) is 5. The van der Waals surface area contributed by atoms with Gasteiger partial charge in [-0.1, -0.05) is 23.4 Å². The predicted molar refractivity (Wildman–Crippen MR) is 96.9 cm³/mol. The SMILES string of the molecule is Cc1cc(N)nc(SCC(=O)Nc2cc(Cl)ccc2-n2cncn2)n1. The Morgan fingerprint density at radius 3 is 2.92 bits per heavy atom. The van der Waals surface area contributed by atoms with Crippen molar-refractivity contribution in [2.45, 2.75) is 12.1 Å². The second-order valence-corrected chi connectivity index (χ2v) is 6.43. The molecule has 8 nitrogen and oxygen atoms in total. The molecule has 0 spiro atoms. The van der Waals surface area contributed by atoms with E-state index >= 15 is 0 Å². The topological polar surface area (TPSA) is 112 Å². The number of carbonyl (C=O) groups excluding carboxylic acids is 1. The van der Waals surface area contributed by atoms with Gasteiger partial charge in [0, 0.05) is 16.8 Å². The van der Waals surface area contributed by atoms with E-state index in [2.05, 4.69) is 25.4 Å². The molecule has 0 unspecified atom stereocenters. The van der Waals surface area contributed by atoms with E-state index < -0.39 is 0 Å². The van der Waals surface area contributed by atoms with Crippen LogP contribution in [0.25, 0.3) is 5.69 Å². The van der Waals surface area contributed by atoms with Crippen LogP contribution in [-0.4, -0.2) is 36.4 Å². The number of anilines is 2. The highest BCUT2D eigenvalue weighted by Crippen LogP contribution is 2.24. The number of amides is 1. The molecule has 3 N–H and O–H groups in total. The molecule has 10 heteroatoms. The van der Waals surface area contributed by atoms with Crippen molar-refractivity contribution < 1.29 is 4.79 Å². The first-order chi connectivity index (χ1) is 12.0. The van der Waals surface area contributed by atoms with E-state index in [1.165, 1.54) is 24.4 Å². The monoisotopic (exact) mass is 375 g/mol. The molecule has 128 valence electrons. The maximum Gasteiger partial charge on any atom is 0.234 e. The van der Waals surface area contributed by atoms with Gasteiger partial charge in [-0.3, -0.25) is 4.79 Å². The Morgan fingerprint density at radius 2 is 2.20 bits per heavy atom. The molecule has 0 saturated heterocycles. The summed E-state index contributed by atoms with van der Waals surface area (Å²) in [6, 6.07) is 6.79. The van der Waals surface area contributed by atoms with E-state index in [1.54, 1.807) is 28.9 Å². The molecule has 2 aromatic heterocycles. The van der Waals surface area contributed by atoms with Gasteiger partial charge >= 0.3 is 0 Å². The number of carbonyl (C=O) groups is 1. The maximum atomic E-state index is 12.3. The first-order valence-corrected chi connectivity index (χ1v) is 8.56. The summed E-state index contributed by atoms with van der Waals surface area (Å²) >= 11 is 7.24. The van der Waals surface area contributed by atoms with Crippen molar-refractivity contribution in [3.63, 3.8) is 0 Å². The van der Waals surface area contributed by atoms with Gasteiger partial charge < -0.3 is 11.1 Å². The lowest BCUT2D eigenvalue weighted by molar-refractivity contribution is -0.113. The van der Waals surface area contributed by atoms with Gasteiger partial charge in [0.1, 0.15) is 18.5 Å². The molecule has 0 aliphatic rings. The van der Waals surface area contributed by atoms with E-state index in [1.807, 2.05) is 6.92 Å². The van der Waals surface area contributed by atoms with Crippen molar-refractivity contribution >= 4 is 40.8 Å². The van der Waals surface area contributed by atoms with Crippen molar-refractivity contribution in [3.05, 3.63) is 47.6 Å². The summed E-state index contributed by atoms with van der Waals surface area (Å²) in [5.41, 5.74) is 7.63. The summed E-state index contributed by atoms with van der Waals surface area (Å²) in [6.07, 6.45) is 2.95. The van der Waals surface area contributed by atoms with Crippen LogP contribution in [0.4, 0.5) is 11.5 Å². The van der Waals surface area contributed by atoms with Crippen molar-refractivity contribution in [3.8, 4) is 5.69 Å². The van der Waals surface area contributed by atoms with Gasteiger partial charge in [0.05, 0.1) is 17.1 Å². The summed E-state index contributed by atoms with van der Waals surface area (Å²) < 4.78 is 1.55. The van der Waals surface area contributed by atoms with Gasteiger partial charge in [0.2, 0.25) is 5.91 Å². The Labute approximate surface area is 152 Å². The highest BCUT2D eigenvalue weighted by atomic mass is 35.5. The molecule has 25 heavy (non-hydrogen) atoms. The number of thioether (sulfide) groups is 1. The van der Waals surface area contributed by atoms with Gasteiger partial charge in [-0.05, 0) is 25.1 Å². The summed E-state index contributed by atoms with van der Waals surface area (Å²) in [7, 11) is 0. The Hall–Kier alpha value is -2.65. The molecule has 3 rings (SSSR count). The molecule has 0 radical (unpaired) electrons. The molecule has 0 aliphatic carbocycles. The third-order valence-electron chi connectivity index (χ3n) is 3.08. The molecule has 3 aromatic rings. The molecular weight excluding hydrogens is 362 g/mol. The number of halogens is 1. The molecular formula is C15H14ClN7OS. The zero-order valence-electron chi connectivity index (χ0n) is 13.2. The molecule has 0 bridgehead atoms. The van der Waals surface area contributed by atoms with E-state index in [0.717, 1.165) is 5.69 Å². The number of nitrogens with two attached hydrogens (primary N) is 1. The average Bonchev–Trinajstić information content (AvgIpc) is 3.06. The first-order valence-electron chi connectivity index (χ1n) is 7.19. The smallest absolute Gasteiger partial charge is 0.234 e. The molecule has 1 aromatic carbocycles. The van der Waals surface area contributed by atoms with Crippen molar-refractivity contribution in [2.24, 2.45) is 0 Å². The third kappa shape index (κ3) is 4.46. The predicted octanol–water partition coefficient (Wildman–Crippen LogP) is 2.33. The number of nitrogen functional groups attached to an aromatic ring is 1. The highest BCUT2D eigenvalue weighted by molar-refractivity contribution is 7.99. The van der Waals surface area contributed by atoms with Crippen LogP contribution in [0, 0.1) is 6.92 Å². The van der Waals surface area contributed by atoms with Gasteiger partial charge in [-0.25, -0.2) is 19.6 Å². The van der Waals surface area contributed by atoms with Crippen molar-refractivity contribution in [1.82, 2.24) is 24.7 Å². The Bertz CT molecular complexity index is 881. The van der Waals surface area contributed by atoms with Crippen LogP contribution < -0.4 is 11.1 Å².